The van der Waals surface area contributed by atoms with Gasteiger partial charge in [-0.2, -0.15) is 0 Å². The van der Waals surface area contributed by atoms with E-state index in [0.717, 1.165) is 56.5 Å². The van der Waals surface area contributed by atoms with Crippen LogP contribution in [0.5, 0.6) is 0 Å². The third-order valence-electron chi connectivity index (χ3n) is 8.93. The van der Waals surface area contributed by atoms with Crippen LogP contribution in [-0.2, 0) is 4.79 Å². The fourth-order valence-electron chi connectivity index (χ4n) is 7.34. The summed E-state index contributed by atoms with van der Waals surface area (Å²) < 4.78 is 6.13. The van der Waals surface area contributed by atoms with Crippen molar-refractivity contribution in [1.82, 2.24) is 0 Å². The molecule has 3 nitrogen and oxygen atoms in total. The second-order valence-corrected chi connectivity index (χ2v) is 10.2. The lowest BCUT2D eigenvalue weighted by Gasteiger charge is -2.58. The van der Waals surface area contributed by atoms with Crippen LogP contribution < -0.4 is 0 Å². The maximum Gasteiger partial charge on any atom is 0.139 e. The highest BCUT2D eigenvalue weighted by molar-refractivity contribution is 5.87. The third kappa shape index (κ3) is 2.40. The van der Waals surface area contributed by atoms with Crippen molar-refractivity contribution >= 4 is 5.78 Å². The molecular weight excluding hydrogens is 336 g/mol. The highest BCUT2D eigenvalue weighted by Gasteiger charge is 2.61. The van der Waals surface area contributed by atoms with Crippen LogP contribution in [0.2, 0.25) is 0 Å². The van der Waals surface area contributed by atoms with Crippen LogP contribution in [0, 0.1) is 35.5 Å². The number of carbonyl (C=O) groups excluding carboxylic acids is 1. The molecule has 0 saturated heterocycles. The summed E-state index contributed by atoms with van der Waals surface area (Å²) in [5.41, 5.74) is 1.47. The molecule has 27 heavy (non-hydrogen) atoms. The lowest BCUT2D eigenvalue weighted by atomic mass is 9.45. The first-order valence-corrected chi connectivity index (χ1v) is 10.8. The second-order valence-electron chi connectivity index (χ2n) is 10.2. The molecule has 146 valence electrons. The van der Waals surface area contributed by atoms with Gasteiger partial charge in [-0.15, -0.1) is 0 Å². The van der Waals surface area contributed by atoms with Crippen molar-refractivity contribution in [3.63, 3.8) is 0 Å². The van der Waals surface area contributed by atoms with Crippen LogP contribution in [0.15, 0.2) is 28.2 Å². The first-order chi connectivity index (χ1) is 12.8. The van der Waals surface area contributed by atoms with Gasteiger partial charge in [0.05, 0.1) is 6.10 Å². The van der Waals surface area contributed by atoms with Crippen molar-refractivity contribution < 1.29 is 14.3 Å². The van der Waals surface area contributed by atoms with Crippen LogP contribution in [0.4, 0.5) is 0 Å². The zero-order valence-electron chi connectivity index (χ0n) is 16.8. The minimum absolute atomic E-state index is 0.142. The molecule has 4 aliphatic carbocycles. The Bertz CT molecular complexity index is 804. The van der Waals surface area contributed by atoms with Crippen LogP contribution >= 0.6 is 0 Å². The molecule has 1 aromatic heterocycles. The lowest BCUT2D eigenvalue weighted by molar-refractivity contribution is -0.132. The van der Waals surface area contributed by atoms with Gasteiger partial charge < -0.3 is 9.52 Å². The van der Waals surface area contributed by atoms with Crippen molar-refractivity contribution in [2.45, 2.75) is 77.7 Å². The number of aliphatic hydroxyl groups excluding tert-OH is 1. The van der Waals surface area contributed by atoms with Gasteiger partial charge in [0, 0.05) is 17.8 Å². The van der Waals surface area contributed by atoms with Crippen molar-refractivity contribution in [2.24, 2.45) is 28.6 Å². The fraction of sp³-hybridized carbons (Fsp3) is 0.708. The average molecular weight is 369 g/mol. The predicted molar refractivity (Wildman–Crippen MR) is 104 cm³/mol. The van der Waals surface area contributed by atoms with E-state index in [-0.39, 0.29) is 22.9 Å². The zero-order valence-corrected chi connectivity index (χ0v) is 16.8. The zero-order chi connectivity index (χ0) is 19.0. The minimum atomic E-state index is -0.207. The largest absolute Gasteiger partial charge is 0.466 e. The number of hydrogen-bond acceptors (Lipinski definition) is 3. The molecule has 5 rings (SSSR count). The second kappa shape index (κ2) is 5.83. The molecule has 0 unspecified atom stereocenters. The highest BCUT2D eigenvalue weighted by Crippen LogP contribution is 2.66. The normalized spacial score (nSPS) is 46.4. The van der Waals surface area contributed by atoms with E-state index in [9.17, 15) is 9.90 Å². The van der Waals surface area contributed by atoms with E-state index in [2.05, 4.69) is 32.1 Å². The van der Waals surface area contributed by atoms with E-state index in [1.165, 1.54) is 5.57 Å². The van der Waals surface area contributed by atoms with Gasteiger partial charge in [-0.3, -0.25) is 4.79 Å². The third-order valence-corrected chi connectivity index (χ3v) is 8.93. The molecule has 4 aliphatic rings. The average Bonchev–Trinajstić information content (AvgIpc) is 3.19. The first kappa shape index (κ1) is 17.7. The molecule has 0 radical (unpaired) electrons. The van der Waals surface area contributed by atoms with E-state index in [0.29, 0.717) is 23.5 Å². The molecule has 0 amide bonds. The Morgan fingerprint density at radius 3 is 2.56 bits per heavy atom. The number of carbonyl (C=O) groups is 1. The molecule has 3 heteroatoms. The molecular formula is C24H32O3. The van der Waals surface area contributed by atoms with Crippen molar-refractivity contribution in [3.05, 3.63) is 35.3 Å². The number of ketones is 1. The van der Waals surface area contributed by atoms with Crippen LogP contribution in [0.25, 0.3) is 0 Å². The number of aryl methyl sites for hydroxylation is 1. The van der Waals surface area contributed by atoms with Crippen molar-refractivity contribution in [1.29, 1.82) is 0 Å². The Labute approximate surface area is 162 Å². The number of rotatable bonds is 1. The molecule has 3 saturated carbocycles. The van der Waals surface area contributed by atoms with E-state index >= 15 is 0 Å². The van der Waals surface area contributed by atoms with E-state index in [1.54, 1.807) is 0 Å². The van der Waals surface area contributed by atoms with Gasteiger partial charge in [0.2, 0.25) is 0 Å². The summed E-state index contributed by atoms with van der Waals surface area (Å²) in [5, 5.41) is 10.3. The van der Waals surface area contributed by atoms with E-state index in [1.807, 2.05) is 6.92 Å². The Morgan fingerprint density at radius 2 is 1.81 bits per heavy atom. The molecule has 1 heterocycles. The summed E-state index contributed by atoms with van der Waals surface area (Å²) in [4.78, 5) is 12.8. The topological polar surface area (TPSA) is 50.4 Å². The van der Waals surface area contributed by atoms with Gasteiger partial charge in [-0.25, -0.2) is 0 Å². The molecule has 0 bridgehead atoms. The Hall–Kier alpha value is -1.35. The van der Waals surface area contributed by atoms with Gasteiger partial charge in [-0.1, -0.05) is 25.5 Å². The molecule has 1 aromatic rings. The summed E-state index contributed by atoms with van der Waals surface area (Å²) >= 11 is 0. The van der Waals surface area contributed by atoms with Gasteiger partial charge in [0.1, 0.15) is 17.3 Å². The summed E-state index contributed by atoms with van der Waals surface area (Å²) in [6.45, 7) is 6.68. The van der Waals surface area contributed by atoms with Crippen LogP contribution in [0.1, 0.15) is 76.2 Å². The van der Waals surface area contributed by atoms with Crippen molar-refractivity contribution in [2.75, 3.05) is 0 Å². The minimum Gasteiger partial charge on any atom is -0.466 e. The fourth-order valence-corrected chi connectivity index (χ4v) is 7.34. The molecule has 1 N–H and O–H groups in total. The smallest absolute Gasteiger partial charge is 0.139 e. The van der Waals surface area contributed by atoms with Gasteiger partial charge in [0.15, 0.2) is 0 Å². The maximum absolute atomic E-state index is 12.8. The number of allylic oxidation sites excluding steroid dienone is 1. The highest BCUT2D eigenvalue weighted by atomic mass is 16.3. The number of furan rings is 1. The van der Waals surface area contributed by atoms with Crippen LogP contribution in [0.3, 0.4) is 0 Å². The Kier molecular flexibility index (Phi) is 3.82. The predicted octanol–water partition coefficient (Wildman–Crippen LogP) is 5.17. The molecule has 3 fully saturated rings. The molecule has 0 aliphatic heterocycles. The van der Waals surface area contributed by atoms with Gasteiger partial charge in [0.25, 0.3) is 0 Å². The SMILES string of the molecule is Cc1ccc([C@@H]2C=C3C[C@@H](O)CC[C@]3(C)[C@H]3CC[C@]4(C)C(=O)CC[C@H]4[C@H]23)o1. The maximum atomic E-state index is 12.8. The molecule has 0 spiro atoms. The summed E-state index contributed by atoms with van der Waals surface area (Å²) in [6, 6.07) is 4.20. The van der Waals surface area contributed by atoms with Gasteiger partial charge in [-0.05, 0) is 80.8 Å². The number of aliphatic hydroxyl groups is 1. The molecule has 7 atom stereocenters. The van der Waals surface area contributed by atoms with E-state index < -0.39 is 0 Å². The van der Waals surface area contributed by atoms with Gasteiger partial charge >= 0.3 is 0 Å². The summed E-state index contributed by atoms with van der Waals surface area (Å²) in [5.74, 6) is 4.26. The quantitative estimate of drug-likeness (QED) is 0.695. The summed E-state index contributed by atoms with van der Waals surface area (Å²) in [6.07, 6.45) is 8.96. The standard InChI is InChI=1S/C24H32O3/c1-14-4-6-20(27-14)17-13-15-12-16(25)8-10-23(15,2)19-9-11-24(3)18(22(17)19)5-7-21(24)26/h4,6,13,16-19,22,25H,5,7-12H2,1-3H3/t16-,17-,18-,19-,22-,23-,24-/m0/s1. The Morgan fingerprint density at radius 1 is 1.07 bits per heavy atom. The number of hydrogen-bond donors (Lipinski definition) is 1. The number of fused-ring (bicyclic) bond motifs is 5. The van der Waals surface area contributed by atoms with Crippen LogP contribution in [-0.4, -0.2) is 17.0 Å². The monoisotopic (exact) mass is 368 g/mol. The first-order valence-electron chi connectivity index (χ1n) is 10.8. The molecule has 0 aromatic carbocycles. The Balaban J connectivity index is 1.65. The summed E-state index contributed by atoms with van der Waals surface area (Å²) in [7, 11) is 0. The van der Waals surface area contributed by atoms with E-state index in [4.69, 9.17) is 4.42 Å². The van der Waals surface area contributed by atoms with Crippen molar-refractivity contribution in [3.8, 4) is 0 Å². The lowest BCUT2D eigenvalue weighted by Crippen LogP contribution is -2.52. The number of Topliss-reactive ketones (excluding diaryl/α,β-unsaturated/α-hetero) is 1.